The number of hydrogen-bond donors (Lipinski definition) is 2. The molecule has 0 aromatic heterocycles. The van der Waals surface area contributed by atoms with Gasteiger partial charge in [-0.05, 0) is 36.4 Å². The van der Waals surface area contributed by atoms with Gasteiger partial charge in [-0.25, -0.2) is 0 Å². The van der Waals surface area contributed by atoms with Crippen molar-refractivity contribution in [1.29, 1.82) is 0 Å². The number of carbonyl (C=O) groups is 1. The fourth-order valence-electron chi connectivity index (χ4n) is 3.87. The Morgan fingerprint density at radius 3 is 2.65 bits per heavy atom. The van der Waals surface area contributed by atoms with E-state index in [-0.39, 0.29) is 11.8 Å². The number of likely N-dealkylation sites (N-methyl/N-ethyl adjacent to an activating group) is 1. The standard InChI is InChI=1S/C24H22BrClN4O/c1-30-20-10-9-15(25)12-18(20)23(17-7-2-3-8-19(17)26)29-13-21(30)22(28)24(31)14-5-4-6-16(27)11-14/h2-12,21-22H,13,27-28H2,1H3. The Labute approximate surface area is 194 Å². The Bertz CT molecular complexity index is 1180. The number of carbonyl (C=O) groups excluding carboxylic acids is 1. The van der Waals surface area contributed by atoms with Crippen molar-refractivity contribution in [2.45, 2.75) is 12.1 Å². The molecule has 0 amide bonds. The van der Waals surface area contributed by atoms with Gasteiger partial charge in [-0.1, -0.05) is 57.9 Å². The van der Waals surface area contributed by atoms with E-state index in [0.717, 1.165) is 27.0 Å². The van der Waals surface area contributed by atoms with Crippen molar-refractivity contribution in [1.82, 2.24) is 0 Å². The Kier molecular flexibility index (Phi) is 6.14. The van der Waals surface area contributed by atoms with Crippen LogP contribution in [0.25, 0.3) is 0 Å². The third-order valence-corrected chi connectivity index (χ3v) is 6.37. The third-order valence-electron chi connectivity index (χ3n) is 5.55. The summed E-state index contributed by atoms with van der Waals surface area (Å²) in [7, 11) is 1.94. The Morgan fingerprint density at radius 2 is 1.90 bits per heavy atom. The minimum atomic E-state index is -0.780. The number of halogens is 2. The molecule has 5 nitrogen and oxygen atoms in total. The zero-order chi connectivity index (χ0) is 22.1. The van der Waals surface area contributed by atoms with E-state index in [9.17, 15) is 4.79 Å². The van der Waals surface area contributed by atoms with Crippen LogP contribution in [0.4, 0.5) is 11.4 Å². The molecule has 158 valence electrons. The monoisotopic (exact) mass is 496 g/mol. The molecule has 31 heavy (non-hydrogen) atoms. The van der Waals surface area contributed by atoms with Crippen molar-refractivity contribution in [2.75, 3.05) is 24.2 Å². The summed E-state index contributed by atoms with van der Waals surface area (Å²) in [5.74, 6) is -0.167. The first-order valence-corrected chi connectivity index (χ1v) is 11.0. The number of rotatable bonds is 4. The molecule has 0 saturated heterocycles. The molecule has 1 aliphatic rings. The maximum absolute atomic E-state index is 13.1. The third kappa shape index (κ3) is 4.24. The van der Waals surface area contributed by atoms with Gasteiger partial charge in [0.25, 0.3) is 0 Å². The number of ketones is 1. The van der Waals surface area contributed by atoms with Crippen LogP contribution >= 0.6 is 27.5 Å². The normalized spacial score (nSPS) is 16.8. The second kappa shape index (κ2) is 8.83. The van der Waals surface area contributed by atoms with Crippen LogP contribution in [0, 0.1) is 0 Å². The lowest BCUT2D eigenvalue weighted by molar-refractivity contribution is 0.0950. The molecule has 2 unspecified atom stereocenters. The van der Waals surface area contributed by atoms with Crippen LogP contribution in [0.3, 0.4) is 0 Å². The van der Waals surface area contributed by atoms with Crippen molar-refractivity contribution in [3.8, 4) is 0 Å². The summed E-state index contributed by atoms with van der Waals surface area (Å²) in [6, 6.07) is 19.4. The molecular formula is C24H22BrClN4O. The highest BCUT2D eigenvalue weighted by molar-refractivity contribution is 9.10. The van der Waals surface area contributed by atoms with Gasteiger partial charge < -0.3 is 16.4 Å². The Morgan fingerprint density at radius 1 is 1.13 bits per heavy atom. The van der Waals surface area contributed by atoms with E-state index in [2.05, 4.69) is 15.9 Å². The lowest BCUT2D eigenvalue weighted by atomic mass is 9.96. The number of Topliss-reactive ketones (excluding diaryl/α,β-unsaturated/α-hetero) is 1. The number of nitrogens with zero attached hydrogens (tertiary/aromatic N) is 2. The maximum Gasteiger partial charge on any atom is 0.181 e. The number of benzodiazepines with no additional fused rings is 1. The summed E-state index contributed by atoms with van der Waals surface area (Å²) in [5.41, 5.74) is 16.9. The molecule has 4 N–H and O–H groups in total. The van der Waals surface area contributed by atoms with Gasteiger partial charge in [-0.3, -0.25) is 9.79 Å². The van der Waals surface area contributed by atoms with E-state index in [4.69, 9.17) is 28.1 Å². The molecule has 0 saturated carbocycles. The van der Waals surface area contributed by atoms with Gasteiger partial charge in [-0.15, -0.1) is 0 Å². The molecule has 0 bridgehead atoms. The zero-order valence-electron chi connectivity index (χ0n) is 16.9. The molecule has 0 radical (unpaired) electrons. The van der Waals surface area contributed by atoms with Crippen molar-refractivity contribution in [3.05, 3.63) is 92.9 Å². The molecular weight excluding hydrogens is 476 g/mol. The molecule has 3 aromatic carbocycles. The van der Waals surface area contributed by atoms with Crippen molar-refractivity contribution < 1.29 is 4.79 Å². The summed E-state index contributed by atoms with van der Waals surface area (Å²) in [5, 5.41) is 0.619. The van der Waals surface area contributed by atoms with E-state index in [0.29, 0.717) is 22.8 Å². The summed E-state index contributed by atoms with van der Waals surface area (Å²) in [6.07, 6.45) is 0. The number of nitrogen functional groups attached to an aromatic ring is 1. The number of hydrogen-bond acceptors (Lipinski definition) is 5. The van der Waals surface area contributed by atoms with Crippen LogP contribution in [0.5, 0.6) is 0 Å². The first-order valence-electron chi connectivity index (χ1n) is 9.84. The largest absolute Gasteiger partial charge is 0.399 e. The van der Waals surface area contributed by atoms with Gasteiger partial charge in [0, 0.05) is 44.6 Å². The van der Waals surface area contributed by atoms with Gasteiger partial charge >= 0.3 is 0 Å². The maximum atomic E-state index is 13.1. The quantitative estimate of drug-likeness (QED) is 0.409. The number of aliphatic imine (C=N–C) groups is 1. The van der Waals surface area contributed by atoms with Gasteiger partial charge in [0.15, 0.2) is 5.78 Å². The molecule has 7 heteroatoms. The minimum Gasteiger partial charge on any atom is -0.399 e. The van der Waals surface area contributed by atoms with Gasteiger partial charge in [0.05, 0.1) is 24.3 Å². The second-order valence-electron chi connectivity index (χ2n) is 7.52. The van der Waals surface area contributed by atoms with E-state index in [1.54, 1.807) is 24.3 Å². The highest BCUT2D eigenvalue weighted by Gasteiger charge is 2.33. The highest BCUT2D eigenvalue weighted by atomic mass is 79.9. The van der Waals surface area contributed by atoms with Crippen molar-refractivity contribution >= 4 is 50.4 Å². The predicted octanol–water partition coefficient (Wildman–Crippen LogP) is 4.55. The van der Waals surface area contributed by atoms with Crippen molar-refractivity contribution in [2.24, 2.45) is 10.7 Å². The summed E-state index contributed by atoms with van der Waals surface area (Å²) in [4.78, 5) is 20.1. The molecule has 0 aliphatic carbocycles. The van der Waals surface area contributed by atoms with Crippen LogP contribution < -0.4 is 16.4 Å². The second-order valence-corrected chi connectivity index (χ2v) is 8.85. The number of anilines is 2. The molecule has 2 atom stereocenters. The minimum absolute atomic E-state index is 0.167. The molecule has 3 aromatic rings. The van der Waals surface area contributed by atoms with Crippen molar-refractivity contribution in [3.63, 3.8) is 0 Å². The summed E-state index contributed by atoms with van der Waals surface area (Å²) in [6.45, 7) is 0.346. The molecule has 4 rings (SSSR count). The van der Waals surface area contributed by atoms with Gasteiger partial charge in [-0.2, -0.15) is 0 Å². The number of fused-ring (bicyclic) bond motifs is 1. The Balaban J connectivity index is 1.78. The summed E-state index contributed by atoms with van der Waals surface area (Å²) >= 11 is 10.1. The topological polar surface area (TPSA) is 84.7 Å². The first-order chi connectivity index (χ1) is 14.9. The van der Waals surface area contributed by atoms with Gasteiger partial charge in [0.2, 0.25) is 0 Å². The molecule has 1 heterocycles. The average Bonchev–Trinajstić information content (AvgIpc) is 2.89. The highest BCUT2D eigenvalue weighted by Crippen LogP contribution is 2.33. The molecule has 0 spiro atoms. The number of nitrogens with two attached hydrogens (primary N) is 2. The lowest BCUT2D eigenvalue weighted by Crippen LogP contribution is -2.52. The van der Waals surface area contributed by atoms with Crippen LogP contribution in [-0.4, -0.2) is 37.2 Å². The van der Waals surface area contributed by atoms with Crippen LogP contribution in [0.1, 0.15) is 21.5 Å². The first kappa shape index (κ1) is 21.6. The van der Waals surface area contributed by atoms with Crippen LogP contribution in [-0.2, 0) is 0 Å². The van der Waals surface area contributed by atoms with E-state index in [1.807, 2.05) is 54.4 Å². The van der Waals surface area contributed by atoms with Gasteiger partial charge in [0.1, 0.15) is 0 Å². The average molecular weight is 498 g/mol. The lowest BCUT2D eigenvalue weighted by Gasteiger charge is -2.32. The Hall–Kier alpha value is -2.67. The van der Waals surface area contributed by atoms with Crippen LogP contribution in [0.15, 0.2) is 76.2 Å². The molecule has 1 aliphatic heterocycles. The predicted molar refractivity (Wildman–Crippen MR) is 131 cm³/mol. The zero-order valence-corrected chi connectivity index (χ0v) is 19.3. The fourth-order valence-corrected chi connectivity index (χ4v) is 4.46. The SMILES string of the molecule is CN1c2ccc(Br)cc2C(c2ccccc2Cl)=NCC1C(N)C(=O)c1cccc(N)c1. The smallest absolute Gasteiger partial charge is 0.181 e. The van der Waals surface area contributed by atoms with E-state index < -0.39 is 6.04 Å². The number of benzene rings is 3. The summed E-state index contributed by atoms with van der Waals surface area (Å²) < 4.78 is 0.929. The van der Waals surface area contributed by atoms with Crippen LogP contribution in [0.2, 0.25) is 5.02 Å². The van der Waals surface area contributed by atoms with E-state index in [1.165, 1.54) is 0 Å². The fraction of sp³-hybridized carbons (Fsp3) is 0.167. The molecule has 0 fully saturated rings. The van der Waals surface area contributed by atoms with E-state index >= 15 is 0 Å².